The number of nitriles is 1. The van der Waals surface area contributed by atoms with Crippen molar-refractivity contribution < 1.29 is 14.3 Å². The number of carbonyl (C=O) groups is 2. The predicted molar refractivity (Wildman–Crippen MR) is 126 cm³/mol. The van der Waals surface area contributed by atoms with E-state index in [0.29, 0.717) is 11.5 Å². The van der Waals surface area contributed by atoms with Crippen LogP contribution in [0.1, 0.15) is 32.3 Å². The quantitative estimate of drug-likeness (QED) is 0.516. The average Bonchev–Trinajstić information content (AvgIpc) is 3.00. The van der Waals surface area contributed by atoms with Gasteiger partial charge in [0.05, 0.1) is 17.5 Å². The molecule has 0 atom stereocenters. The van der Waals surface area contributed by atoms with E-state index in [-0.39, 0.29) is 36.2 Å². The van der Waals surface area contributed by atoms with Gasteiger partial charge in [-0.25, -0.2) is 0 Å². The number of amides is 1. The first-order valence-corrected chi connectivity index (χ1v) is 10.5. The summed E-state index contributed by atoms with van der Waals surface area (Å²) in [7, 11) is 3.65. The number of ether oxygens (including phenoxy) is 1. The van der Waals surface area contributed by atoms with Crippen molar-refractivity contribution in [2.75, 3.05) is 29.2 Å². The number of hydrogen-bond acceptors (Lipinski definition) is 6. The van der Waals surface area contributed by atoms with Crippen LogP contribution in [0.15, 0.2) is 53.9 Å². The van der Waals surface area contributed by atoms with E-state index in [0.717, 1.165) is 22.7 Å². The number of fused-ring (bicyclic) bond motifs is 1. The number of benzene rings is 2. The third-order valence-corrected chi connectivity index (χ3v) is 5.28. The molecule has 166 valence electrons. The molecule has 2 aromatic rings. The van der Waals surface area contributed by atoms with Gasteiger partial charge in [-0.3, -0.25) is 9.59 Å². The lowest BCUT2D eigenvalue weighted by Gasteiger charge is -2.20. The van der Waals surface area contributed by atoms with E-state index in [1.165, 1.54) is 0 Å². The minimum Gasteiger partial charge on any atom is -0.491 e. The van der Waals surface area contributed by atoms with Crippen LogP contribution in [0.5, 0.6) is 5.75 Å². The largest absolute Gasteiger partial charge is 0.491 e. The molecule has 1 amide bonds. The van der Waals surface area contributed by atoms with Crippen LogP contribution in [0.3, 0.4) is 0 Å². The minimum atomic E-state index is -0.360. The third-order valence-electron chi connectivity index (χ3n) is 5.28. The number of Topliss-reactive ketones (excluding diaryl/α,β-unsaturated/α-hetero) is 1. The summed E-state index contributed by atoms with van der Waals surface area (Å²) in [6.45, 7) is 5.79. The average molecular weight is 433 g/mol. The Kier molecular flexibility index (Phi) is 6.84. The zero-order valence-electron chi connectivity index (χ0n) is 19.1. The Bertz CT molecular complexity index is 1080. The maximum Gasteiger partial charge on any atom is 0.224 e. The molecule has 1 aliphatic rings. The third kappa shape index (κ3) is 4.75. The summed E-state index contributed by atoms with van der Waals surface area (Å²) >= 11 is 0. The molecule has 0 aliphatic carbocycles. The number of rotatable bonds is 7. The van der Waals surface area contributed by atoms with Crippen LogP contribution < -0.4 is 19.9 Å². The van der Waals surface area contributed by atoms with E-state index >= 15 is 0 Å². The first-order valence-electron chi connectivity index (χ1n) is 10.5. The molecule has 0 unspecified atom stereocenters. The van der Waals surface area contributed by atoms with Crippen LogP contribution in [0.2, 0.25) is 0 Å². The van der Waals surface area contributed by atoms with Crippen molar-refractivity contribution >= 4 is 28.8 Å². The summed E-state index contributed by atoms with van der Waals surface area (Å²) in [6.07, 6.45) is 0.000578. The van der Waals surface area contributed by atoms with Crippen molar-refractivity contribution in [1.29, 1.82) is 5.26 Å². The highest BCUT2D eigenvalue weighted by Crippen LogP contribution is 2.40. The van der Waals surface area contributed by atoms with Crippen LogP contribution in [0.4, 0.5) is 17.1 Å². The van der Waals surface area contributed by atoms with Crippen LogP contribution in [0, 0.1) is 18.3 Å². The van der Waals surface area contributed by atoms with Crippen molar-refractivity contribution in [3.8, 4) is 11.8 Å². The second-order valence-electron chi connectivity index (χ2n) is 8.03. The molecule has 0 saturated carbocycles. The maximum absolute atomic E-state index is 12.8. The van der Waals surface area contributed by atoms with Crippen molar-refractivity contribution in [1.82, 2.24) is 0 Å². The Morgan fingerprint density at radius 2 is 1.69 bits per heavy atom. The molecule has 0 fully saturated rings. The Hall–Kier alpha value is -3.79. The number of nitrogens with one attached hydrogen (secondary N) is 1. The Morgan fingerprint density at radius 3 is 2.22 bits per heavy atom. The molecule has 3 rings (SSSR count). The van der Waals surface area contributed by atoms with Gasteiger partial charge in [0.25, 0.3) is 0 Å². The van der Waals surface area contributed by atoms with E-state index in [4.69, 9.17) is 4.74 Å². The second-order valence-corrected chi connectivity index (χ2v) is 8.03. The fourth-order valence-electron chi connectivity index (χ4n) is 3.74. The van der Waals surface area contributed by atoms with E-state index < -0.39 is 0 Å². The van der Waals surface area contributed by atoms with Gasteiger partial charge >= 0.3 is 0 Å². The van der Waals surface area contributed by atoms with E-state index in [1.54, 1.807) is 12.1 Å². The molecule has 1 N–H and O–H groups in total. The summed E-state index contributed by atoms with van der Waals surface area (Å²) < 4.78 is 5.66. The van der Waals surface area contributed by atoms with Crippen molar-refractivity contribution in [3.63, 3.8) is 0 Å². The molecule has 7 nitrogen and oxygen atoms in total. The number of aryl methyl sites for hydroxylation is 1. The lowest BCUT2D eigenvalue weighted by molar-refractivity contribution is -0.120. The van der Waals surface area contributed by atoms with E-state index in [1.807, 2.05) is 81.1 Å². The summed E-state index contributed by atoms with van der Waals surface area (Å²) in [5.41, 5.74) is 3.43. The van der Waals surface area contributed by atoms with Gasteiger partial charge in [0, 0.05) is 32.6 Å². The summed E-state index contributed by atoms with van der Waals surface area (Å²) in [4.78, 5) is 29.0. The Morgan fingerprint density at radius 1 is 1.06 bits per heavy atom. The van der Waals surface area contributed by atoms with Gasteiger partial charge in [0.2, 0.25) is 5.91 Å². The van der Waals surface area contributed by atoms with Crippen molar-refractivity contribution in [2.24, 2.45) is 0 Å². The number of hydrogen-bond donors (Lipinski definition) is 1. The number of nitrogens with zero attached hydrogens (tertiary/aromatic N) is 3. The molecule has 0 radical (unpaired) electrons. The number of ketones is 1. The van der Waals surface area contributed by atoms with Crippen molar-refractivity contribution in [3.05, 3.63) is 59.4 Å². The van der Waals surface area contributed by atoms with Gasteiger partial charge in [-0.05, 0) is 56.7 Å². The fraction of sp³-hybridized carbons (Fsp3) is 0.320. The first-order chi connectivity index (χ1) is 15.2. The van der Waals surface area contributed by atoms with Gasteiger partial charge in [0.15, 0.2) is 5.78 Å². The molecule has 7 heteroatoms. The fourth-order valence-corrected chi connectivity index (χ4v) is 3.74. The standard InChI is InChI=1S/C25H28N4O3/c1-16(2)32-18-10-11-20(17(3)14-18)27-24(31)13-12-23(30)19(15-26)25-28(4)21-8-6-7-9-22(21)29(25)5/h6-11,14,16H,12-13H2,1-5H3,(H,27,31). The predicted octanol–water partition coefficient (Wildman–Crippen LogP) is 4.39. The first kappa shape index (κ1) is 22.9. The lowest BCUT2D eigenvalue weighted by atomic mass is 10.1. The van der Waals surface area contributed by atoms with Crippen molar-refractivity contribution in [2.45, 2.75) is 39.7 Å². The normalized spacial score (nSPS) is 12.5. The SMILES string of the molecule is Cc1cc(OC(C)C)ccc1NC(=O)CCC(=O)C(C#N)=C1N(C)c2ccccc2N1C. The summed E-state index contributed by atoms with van der Waals surface area (Å²) in [5.74, 6) is 0.622. The molecular weight excluding hydrogens is 404 g/mol. The number of anilines is 3. The van der Waals surface area contributed by atoms with E-state index in [9.17, 15) is 14.9 Å². The molecule has 0 bridgehead atoms. The molecule has 1 heterocycles. The number of carbonyl (C=O) groups excluding carboxylic acids is 2. The van der Waals surface area contributed by atoms with E-state index in [2.05, 4.69) is 5.32 Å². The summed E-state index contributed by atoms with van der Waals surface area (Å²) in [5, 5.41) is 12.5. The van der Waals surface area contributed by atoms with Gasteiger partial charge in [-0.15, -0.1) is 0 Å². The molecule has 32 heavy (non-hydrogen) atoms. The zero-order valence-corrected chi connectivity index (χ0v) is 19.1. The highest BCUT2D eigenvalue weighted by Gasteiger charge is 2.31. The van der Waals surface area contributed by atoms with Gasteiger partial charge in [-0.1, -0.05) is 12.1 Å². The molecule has 0 saturated heterocycles. The van der Waals surface area contributed by atoms with Gasteiger partial charge in [-0.2, -0.15) is 5.26 Å². The van der Waals surface area contributed by atoms with Crippen LogP contribution in [-0.4, -0.2) is 31.9 Å². The highest BCUT2D eigenvalue weighted by molar-refractivity contribution is 6.04. The highest BCUT2D eigenvalue weighted by atomic mass is 16.5. The molecule has 2 aromatic carbocycles. The monoisotopic (exact) mass is 432 g/mol. The van der Waals surface area contributed by atoms with Crippen LogP contribution in [-0.2, 0) is 9.59 Å². The molecule has 0 spiro atoms. The van der Waals surface area contributed by atoms with Gasteiger partial charge in [0.1, 0.15) is 23.2 Å². The Labute approximate surface area is 188 Å². The van der Waals surface area contributed by atoms with Crippen LogP contribution in [0.25, 0.3) is 0 Å². The summed E-state index contributed by atoms with van der Waals surface area (Å²) in [6, 6.07) is 15.2. The van der Waals surface area contributed by atoms with Crippen LogP contribution >= 0.6 is 0 Å². The maximum atomic E-state index is 12.8. The molecule has 0 aromatic heterocycles. The molecule has 1 aliphatic heterocycles. The second kappa shape index (κ2) is 9.56. The molecular formula is C25H28N4O3. The number of para-hydroxylation sites is 2. The smallest absolute Gasteiger partial charge is 0.224 e. The zero-order chi connectivity index (χ0) is 23.4. The topological polar surface area (TPSA) is 85.7 Å². The minimum absolute atomic E-state index is 0.0125. The number of allylic oxidation sites excluding steroid dienone is 1. The van der Waals surface area contributed by atoms with Gasteiger partial charge < -0.3 is 19.9 Å². The lowest BCUT2D eigenvalue weighted by Crippen LogP contribution is -2.26. The Balaban J connectivity index is 1.67.